The van der Waals surface area contributed by atoms with Crippen LogP contribution in [-0.2, 0) is 16.0 Å². The van der Waals surface area contributed by atoms with Gasteiger partial charge in [-0.3, -0.25) is 0 Å². The fraction of sp³-hybridized carbons (Fsp3) is 0.258. The van der Waals surface area contributed by atoms with Gasteiger partial charge in [0.2, 0.25) is 0 Å². The maximum atomic E-state index is 14.9. The Kier molecular flexibility index (Phi) is 9.38. The number of esters is 1. The Labute approximate surface area is 227 Å². The summed E-state index contributed by atoms with van der Waals surface area (Å²) < 4.78 is 21.2. The van der Waals surface area contributed by atoms with Crippen molar-refractivity contribution < 1.29 is 13.9 Å². The number of hydrogen-bond acceptors (Lipinski definition) is 6. The van der Waals surface area contributed by atoms with Crippen molar-refractivity contribution in [1.82, 2.24) is 0 Å². The summed E-state index contributed by atoms with van der Waals surface area (Å²) in [7, 11) is 0. The van der Waals surface area contributed by atoms with Crippen LogP contribution >= 0.6 is 11.3 Å². The van der Waals surface area contributed by atoms with Gasteiger partial charge in [-0.05, 0) is 90.9 Å². The van der Waals surface area contributed by atoms with Gasteiger partial charge in [-0.15, -0.1) is 16.5 Å². The molecule has 38 heavy (non-hydrogen) atoms. The molecule has 1 heterocycles. The Morgan fingerprint density at radius 1 is 1.03 bits per heavy atom. The molecule has 0 radical (unpaired) electrons. The van der Waals surface area contributed by atoms with Gasteiger partial charge in [0, 0.05) is 27.9 Å². The number of benzene rings is 3. The van der Waals surface area contributed by atoms with Crippen molar-refractivity contribution in [2.75, 3.05) is 24.6 Å². The maximum Gasteiger partial charge on any atom is 0.330 e. The van der Waals surface area contributed by atoms with Crippen LogP contribution < -0.4 is 4.90 Å². The first-order valence-electron chi connectivity index (χ1n) is 12.9. The number of ether oxygens (including phenoxy) is 1. The molecule has 5 nitrogen and oxygen atoms in total. The number of unbranched alkanes of at least 4 members (excludes halogenated alkanes) is 1. The smallest absolute Gasteiger partial charge is 0.330 e. The summed E-state index contributed by atoms with van der Waals surface area (Å²) in [6.07, 6.45) is 4.63. The van der Waals surface area contributed by atoms with Crippen LogP contribution in [0.4, 0.5) is 21.5 Å². The predicted octanol–water partition coefficient (Wildman–Crippen LogP) is 9.02. The molecular weight excluding hydrogens is 497 g/mol. The minimum absolute atomic E-state index is 0.190. The summed E-state index contributed by atoms with van der Waals surface area (Å²) in [4.78, 5) is 14.7. The minimum Gasteiger partial charge on any atom is -0.461 e. The number of halogens is 1. The fourth-order valence-corrected chi connectivity index (χ4v) is 5.23. The number of carbonyl (C=O) groups excluding carboxylic acids is 1. The van der Waals surface area contributed by atoms with Crippen molar-refractivity contribution >= 4 is 44.5 Å². The van der Waals surface area contributed by atoms with E-state index in [1.54, 1.807) is 6.07 Å². The van der Waals surface area contributed by atoms with Gasteiger partial charge in [-0.25, -0.2) is 9.18 Å². The second-order valence-electron chi connectivity index (χ2n) is 8.90. The average Bonchev–Trinajstić information content (AvgIpc) is 3.36. The van der Waals surface area contributed by atoms with Gasteiger partial charge in [0.25, 0.3) is 0 Å². The molecule has 0 aliphatic rings. The number of likely N-dealkylation sites (N-methyl/N-ethyl adjacent to an activating group) is 1. The lowest BCUT2D eigenvalue weighted by molar-refractivity contribution is -0.137. The lowest BCUT2D eigenvalue weighted by Gasteiger charge is -2.22. The molecule has 0 N–H and O–H groups in total. The first-order valence-corrected chi connectivity index (χ1v) is 13.7. The molecular formula is C31H32FN3O2S. The van der Waals surface area contributed by atoms with Crippen LogP contribution in [0, 0.1) is 5.82 Å². The van der Waals surface area contributed by atoms with E-state index in [9.17, 15) is 9.18 Å². The summed E-state index contributed by atoms with van der Waals surface area (Å²) in [6.45, 7) is 9.22. The fourth-order valence-electron chi connectivity index (χ4n) is 4.15. The standard InChI is InChI=1S/C31H32FN3O2S/c1-4-7-8-27-20-24-19-22(10-16-30(24)38-27)23-9-15-29(28(32)21-23)34-33-25-11-13-26(14-12-25)35(6-3)17-18-37-31(36)5-2/h5,9-16,19-21H,2,4,6-8,17-18H2,1,3H3/b34-33+. The number of nitrogens with zero attached hydrogens (tertiary/aromatic N) is 3. The van der Waals surface area contributed by atoms with E-state index in [1.807, 2.05) is 54.7 Å². The summed E-state index contributed by atoms with van der Waals surface area (Å²) in [6, 6.07) is 21.1. The largest absolute Gasteiger partial charge is 0.461 e. The predicted molar refractivity (Wildman–Crippen MR) is 155 cm³/mol. The van der Waals surface area contributed by atoms with E-state index in [2.05, 4.69) is 46.8 Å². The first-order chi connectivity index (χ1) is 18.5. The highest BCUT2D eigenvalue weighted by molar-refractivity contribution is 7.19. The number of azo groups is 1. The number of hydrogen-bond donors (Lipinski definition) is 0. The number of aryl methyl sites for hydroxylation is 1. The lowest BCUT2D eigenvalue weighted by atomic mass is 10.0. The van der Waals surface area contributed by atoms with Crippen LogP contribution in [-0.4, -0.2) is 25.7 Å². The van der Waals surface area contributed by atoms with Crippen molar-refractivity contribution in [3.63, 3.8) is 0 Å². The molecule has 196 valence electrons. The molecule has 0 aliphatic heterocycles. The summed E-state index contributed by atoms with van der Waals surface area (Å²) in [5.41, 5.74) is 3.57. The van der Waals surface area contributed by atoms with Crippen LogP contribution in [0.25, 0.3) is 21.2 Å². The van der Waals surface area contributed by atoms with Crippen molar-refractivity contribution in [1.29, 1.82) is 0 Å². The van der Waals surface area contributed by atoms with Crippen LogP contribution in [0.1, 0.15) is 31.6 Å². The van der Waals surface area contributed by atoms with Crippen LogP contribution in [0.5, 0.6) is 0 Å². The van der Waals surface area contributed by atoms with Crippen molar-refractivity contribution in [3.05, 3.63) is 90.1 Å². The zero-order chi connectivity index (χ0) is 26.9. The SMILES string of the molecule is C=CC(=O)OCCN(CC)c1ccc(/N=N/c2ccc(-c3ccc4sc(CCCC)cc4c3)cc2F)cc1. The van der Waals surface area contributed by atoms with Gasteiger partial charge in [0.15, 0.2) is 5.82 Å². The molecule has 0 aliphatic carbocycles. The van der Waals surface area contributed by atoms with Crippen LogP contribution in [0.15, 0.2) is 89.6 Å². The third-order valence-corrected chi connectivity index (χ3v) is 7.44. The topological polar surface area (TPSA) is 54.3 Å². The Hall–Kier alpha value is -3.84. The quantitative estimate of drug-likeness (QED) is 0.104. The van der Waals surface area contributed by atoms with E-state index in [0.29, 0.717) is 12.2 Å². The van der Waals surface area contributed by atoms with Crippen molar-refractivity contribution in [3.8, 4) is 11.1 Å². The lowest BCUT2D eigenvalue weighted by Crippen LogP contribution is -2.27. The summed E-state index contributed by atoms with van der Waals surface area (Å²) >= 11 is 1.83. The Bertz CT molecular complexity index is 1430. The Balaban J connectivity index is 1.42. The normalized spacial score (nSPS) is 11.2. The molecule has 0 saturated carbocycles. The van der Waals surface area contributed by atoms with E-state index in [0.717, 1.165) is 35.9 Å². The molecule has 4 rings (SSSR count). The molecule has 0 fully saturated rings. The van der Waals surface area contributed by atoms with E-state index < -0.39 is 11.8 Å². The maximum absolute atomic E-state index is 14.9. The van der Waals surface area contributed by atoms with Gasteiger partial charge in [0.1, 0.15) is 12.3 Å². The highest BCUT2D eigenvalue weighted by atomic mass is 32.1. The molecule has 0 saturated heterocycles. The molecule has 0 spiro atoms. The Morgan fingerprint density at radius 2 is 1.79 bits per heavy atom. The van der Waals surface area contributed by atoms with Gasteiger partial charge in [0.05, 0.1) is 12.2 Å². The van der Waals surface area contributed by atoms with E-state index >= 15 is 0 Å². The van der Waals surface area contributed by atoms with Gasteiger partial charge < -0.3 is 9.64 Å². The number of rotatable bonds is 12. The third-order valence-electron chi connectivity index (χ3n) is 6.27. The average molecular weight is 530 g/mol. The number of anilines is 1. The zero-order valence-electron chi connectivity index (χ0n) is 21.8. The molecule has 0 atom stereocenters. The molecule has 7 heteroatoms. The van der Waals surface area contributed by atoms with E-state index in [4.69, 9.17) is 4.74 Å². The third kappa shape index (κ3) is 6.92. The first kappa shape index (κ1) is 27.2. The zero-order valence-corrected chi connectivity index (χ0v) is 22.6. The highest BCUT2D eigenvalue weighted by Crippen LogP contribution is 2.33. The van der Waals surface area contributed by atoms with Gasteiger partial charge in [-0.1, -0.05) is 32.1 Å². The molecule has 0 unspecified atom stereocenters. The van der Waals surface area contributed by atoms with Crippen molar-refractivity contribution in [2.24, 2.45) is 10.2 Å². The second kappa shape index (κ2) is 13.1. The summed E-state index contributed by atoms with van der Waals surface area (Å²) in [5, 5.41) is 9.55. The second-order valence-corrected chi connectivity index (χ2v) is 10.1. The van der Waals surface area contributed by atoms with E-state index in [-0.39, 0.29) is 12.3 Å². The Morgan fingerprint density at radius 3 is 2.50 bits per heavy atom. The van der Waals surface area contributed by atoms with E-state index in [1.165, 1.54) is 33.9 Å². The number of carbonyl (C=O) groups is 1. The van der Waals surface area contributed by atoms with Gasteiger partial charge >= 0.3 is 5.97 Å². The molecule has 4 aromatic rings. The molecule has 0 bridgehead atoms. The van der Waals surface area contributed by atoms with Gasteiger partial charge in [-0.2, -0.15) is 5.11 Å². The molecule has 0 amide bonds. The number of fused-ring (bicyclic) bond motifs is 1. The molecule has 3 aromatic carbocycles. The molecule has 1 aromatic heterocycles. The highest BCUT2D eigenvalue weighted by Gasteiger charge is 2.09. The minimum atomic E-state index is -0.433. The van der Waals surface area contributed by atoms with Crippen LogP contribution in [0.3, 0.4) is 0 Å². The summed E-state index contributed by atoms with van der Waals surface area (Å²) in [5.74, 6) is -0.847. The van der Waals surface area contributed by atoms with Crippen molar-refractivity contribution in [2.45, 2.75) is 33.1 Å². The van der Waals surface area contributed by atoms with Crippen LogP contribution in [0.2, 0.25) is 0 Å². The number of thiophene rings is 1. The monoisotopic (exact) mass is 529 g/mol.